The van der Waals surface area contributed by atoms with Crippen molar-refractivity contribution in [3.8, 4) is 0 Å². The highest BCUT2D eigenvalue weighted by atomic mass is 19.1. The van der Waals surface area contributed by atoms with Crippen LogP contribution in [0.5, 0.6) is 0 Å². The van der Waals surface area contributed by atoms with E-state index in [2.05, 4.69) is 21.4 Å². The summed E-state index contributed by atoms with van der Waals surface area (Å²) < 4.78 is 13.0. The van der Waals surface area contributed by atoms with Crippen molar-refractivity contribution >= 4 is 23.2 Å². The number of hydrogen-bond donors (Lipinski definition) is 1. The number of aromatic nitrogens is 2. The first-order chi connectivity index (χ1) is 12.7. The summed E-state index contributed by atoms with van der Waals surface area (Å²) in [6, 6.07) is 15.4. The number of nitrogens with zero attached hydrogens (tertiary/aromatic N) is 3. The van der Waals surface area contributed by atoms with E-state index in [1.807, 2.05) is 18.2 Å². The third-order valence-corrected chi connectivity index (χ3v) is 4.33. The van der Waals surface area contributed by atoms with E-state index >= 15 is 0 Å². The highest BCUT2D eigenvalue weighted by Gasteiger charge is 2.24. The first kappa shape index (κ1) is 16.2. The van der Waals surface area contributed by atoms with Crippen LogP contribution in [0, 0.1) is 5.82 Å². The van der Waals surface area contributed by atoms with Crippen LogP contribution in [-0.2, 0) is 6.42 Å². The van der Waals surface area contributed by atoms with E-state index in [0.29, 0.717) is 23.9 Å². The van der Waals surface area contributed by atoms with E-state index in [1.54, 1.807) is 29.3 Å². The lowest BCUT2D eigenvalue weighted by molar-refractivity contribution is 0.0980. The number of amides is 1. The molecule has 0 aliphatic carbocycles. The molecule has 1 aliphatic rings. The van der Waals surface area contributed by atoms with Crippen LogP contribution in [0.1, 0.15) is 22.5 Å². The van der Waals surface area contributed by atoms with Gasteiger partial charge in [0.25, 0.3) is 5.91 Å². The van der Waals surface area contributed by atoms with Crippen molar-refractivity contribution in [3.63, 3.8) is 0 Å². The minimum absolute atomic E-state index is 0.151. The lowest BCUT2D eigenvalue weighted by Gasteiger charge is -2.29. The molecule has 0 radical (unpaired) electrons. The van der Waals surface area contributed by atoms with Crippen LogP contribution >= 0.6 is 0 Å². The number of benzene rings is 2. The Bertz CT molecular complexity index is 943. The van der Waals surface area contributed by atoms with Crippen molar-refractivity contribution < 1.29 is 9.18 Å². The van der Waals surface area contributed by atoms with E-state index in [1.165, 1.54) is 17.7 Å². The molecule has 0 bridgehead atoms. The van der Waals surface area contributed by atoms with Crippen LogP contribution in [0.4, 0.5) is 21.7 Å². The summed E-state index contributed by atoms with van der Waals surface area (Å²) in [5, 5.41) is 2.99. The molecular weight excluding hydrogens is 331 g/mol. The Kier molecular flexibility index (Phi) is 4.31. The van der Waals surface area contributed by atoms with Gasteiger partial charge in [-0.3, -0.25) is 4.79 Å². The molecule has 5 nitrogen and oxygen atoms in total. The van der Waals surface area contributed by atoms with Gasteiger partial charge in [-0.05, 0) is 54.8 Å². The van der Waals surface area contributed by atoms with Crippen molar-refractivity contribution in [2.24, 2.45) is 0 Å². The predicted octanol–water partition coefficient (Wildman–Crippen LogP) is 3.95. The molecule has 1 aliphatic heterocycles. The first-order valence-corrected chi connectivity index (χ1v) is 8.46. The normalized spacial score (nSPS) is 13.2. The van der Waals surface area contributed by atoms with Crippen LogP contribution < -0.4 is 10.2 Å². The van der Waals surface area contributed by atoms with E-state index in [4.69, 9.17) is 0 Å². The molecular formula is C20H17FN4O. The number of aryl methyl sites for hydroxylation is 1. The number of carbonyl (C=O) groups excluding carboxylic acids is 1. The number of anilines is 3. The van der Waals surface area contributed by atoms with Gasteiger partial charge in [0.05, 0.1) is 0 Å². The Hall–Kier alpha value is -3.28. The molecule has 3 aromatic rings. The lowest BCUT2D eigenvalue weighted by atomic mass is 10.0. The molecule has 0 saturated carbocycles. The third kappa shape index (κ3) is 3.26. The molecule has 2 heterocycles. The topological polar surface area (TPSA) is 58.1 Å². The zero-order valence-corrected chi connectivity index (χ0v) is 14.0. The molecule has 0 atom stereocenters. The molecule has 4 rings (SSSR count). The number of para-hydroxylation sites is 1. The standard InChI is InChI=1S/C20H17FN4O/c21-15-7-9-16(10-8-15)23-20-22-12-11-17(24-20)19(26)25-13-3-5-14-4-1-2-6-18(14)25/h1-2,4,6-12H,3,5,13H2,(H,22,23,24). The second-order valence-electron chi connectivity index (χ2n) is 6.09. The number of nitrogens with one attached hydrogen (secondary N) is 1. The van der Waals surface area contributed by atoms with E-state index in [0.717, 1.165) is 18.5 Å². The van der Waals surface area contributed by atoms with Crippen LogP contribution in [0.3, 0.4) is 0 Å². The van der Waals surface area contributed by atoms with E-state index in [-0.39, 0.29) is 11.7 Å². The molecule has 130 valence electrons. The number of rotatable bonds is 3. The summed E-state index contributed by atoms with van der Waals surface area (Å²) in [4.78, 5) is 23.2. The van der Waals surface area contributed by atoms with Crippen LogP contribution in [0.25, 0.3) is 0 Å². The highest BCUT2D eigenvalue weighted by Crippen LogP contribution is 2.28. The molecule has 0 spiro atoms. The molecule has 0 unspecified atom stereocenters. The first-order valence-electron chi connectivity index (χ1n) is 8.46. The van der Waals surface area contributed by atoms with E-state index < -0.39 is 0 Å². The smallest absolute Gasteiger partial charge is 0.277 e. The Morgan fingerprint density at radius 3 is 2.73 bits per heavy atom. The van der Waals surface area contributed by atoms with Crippen LogP contribution in [-0.4, -0.2) is 22.4 Å². The molecule has 1 aromatic heterocycles. The van der Waals surface area contributed by atoms with Crippen LogP contribution in [0.2, 0.25) is 0 Å². The van der Waals surface area contributed by atoms with Gasteiger partial charge in [0.15, 0.2) is 0 Å². The highest BCUT2D eigenvalue weighted by molar-refractivity contribution is 6.05. The zero-order chi connectivity index (χ0) is 17.9. The van der Waals surface area contributed by atoms with Gasteiger partial charge in [0, 0.05) is 24.1 Å². The third-order valence-electron chi connectivity index (χ3n) is 4.33. The summed E-state index contributed by atoms with van der Waals surface area (Å²) in [5.41, 5.74) is 3.09. The summed E-state index contributed by atoms with van der Waals surface area (Å²) in [5.74, 6) is -0.168. The summed E-state index contributed by atoms with van der Waals surface area (Å²) >= 11 is 0. The Morgan fingerprint density at radius 1 is 1.08 bits per heavy atom. The Morgan fingerprint density at radius 2 is 1.88 bits per heavy atom. The van der Waals surface area contributed by atoms with Gasteiger partial charge in [0.2, 0.25) is 5.95 Å². The maximum atomic E-state index is 13.0. The Labute approximate surface area is 150 Å². The van der Waals surface area contributed by atoms with Crippen molar-refractivity contribution in [1.29, 1.82) is 0 Å². The molecule has 1 N–H and O–H groups in total. The molecule has 1 amide bonds. The molecule has 6 heteroatoms. The second kappa shape index (κ2) is 6.92. The fourth-order valence-corrected chi connectivity index (χ4v) is 3.08. The SMILES string of the molecule is O=C(c1ccnc(Nc2ccc(F)cc2)n1)N1CCCc2ccccc21. The predicted molar refractivity (Wildman–Crippen MR) is 98.2 cm³/mol. The minimum atomic E-state index is -0.316. The van der Waals surface area contributed by atoms with Gasteiger partial charge in [-0.15, -0.1) is 0 Å². The average Bonchev–Trinajstić information content (AvgIpc) is 2.69. The number of halogens is 1. The van der Waals surface area contributed by atoms with Gasteiger partial charge in [-0.1, -0.05) is 18.2 Å². The van der Waals surface area contributed by atoms with Gasteiger partial charge in [0.1, 0.15) is 11.5 Å². The van der Waals surface area contributed by atoms with Gasteiger partial charge in [-0.2, -0.15) is 0 Å². The average molecular weight is 348 g/mol. The molecule has 2 aromatic carbocycles. The van der Waals surface area contributed by atoms with Crippen molar-refractivity contribution in [1.82, 2.24) is 9.97 Å². The van der Waals surface area contributed by atoms with Crippen molar-refractivity contribution in [3.05, 3.63) is 77.9 Å². The quantitative estimate of drug-likeness (QED) is 0.779. The van der Waals surface area contributed by atoms with Gasteiger partial charge in [-0.25, -0.2) is 14.4 Å². The minimum Gasteiger partial charge on any atom is -0.324 e. The van der Waals surface area contributed by atoms with Gasteiger partial charge < -0.3 is 10.2 Å². The lowest BCUT2D eigenvalue weighted by Crippen LogP contribution is -2.36. The van der Waals surface area contributed by atoms with E-state index in [9.17, 15) is 9.18 Å². The van der Waals surface area contributed by atoms with Gasteiger partial charge >= 0.3 is 0 Å². The summed E-state index contributed by atoms with van der Waals surface area (Å²) in [6.07, 6.45) is 3.44. The molecule has 0 fully saturated rings. The molecule has 26 heavy (non-hydrogen) atoms. The maximum absolute atomic E-state index is 13.0. The largest absolute Gasteiger partial charge is 0.324 e. The Balaban J connectivity index is 1.59. The fourth-order valence-electron chi connectivity index (χ4n) is 3.08. The zero-order valence-electron chi connectivity index (χ0n) is 14.0. The number of carbonyl (C=O) groups is 1. The number of fused-ring (bicyclic) bond motifs is 1. The fraction of sp³-hybridized carbons (Fsp3) is 0.150. The van der Waals surface area contributed by atoms with Crippen molar-refractivity contribution in [2.45, 2.75) is 12.8 Å². The summed E-state index contributed by atoms with van der Waals surface area (Å²) in [7, 11) is 0. The maximum Gasteiger partial charge on any atom is 0.277 e. The molecule has 0 saturated heterocycles. The number of hydrogen-bond acceptors (Lipinski definition) is 4. The van der Waals surface area contributed by atoms with Crippen molar-refractivity contribution in [2.75, 3.05) is 16.8 Å². The van der Waals surface area contributed by atoms with Crippen LogP contribution in [0.15, 0.2) is 60.8 Å². The monoisotopic (exact) mass is 348 g/mol. The summed E-state index contributed by atoms with van der Waals surface area (Å²) in [6.45, 7) is 0.667. The second-order valence-corrected chi connectivity index (χ2v) is 6.09.